The van der Waals surface area contributed by atoms with E-state index in [0.29, 0.717) is 11.3 Å². The van der Waals surface area contributed by atoms with E-state index in [1.165, 1.54) is 24.3 Å². The van der Waals surface area contributed by atoms with Gasteiger partial charge in [0, 0.05) is 0 Å². The van der Waals surface area contributed by atoms with Crippen molar-refractivity contribution in [2.24, 2.45) is 0 Å². The Morgan fingerprint density at radius 3 is 2.14 bits per heavy atom. The highest BCUT2D eigenvalue weighted by atomic mass is 32.1. The first-order valence-electron chi connectivity index (χ1n) is 11.1. The minimum atomic E-state index is -1.40. The summed E-state index contributed by atoms with van der Waals surface area (Å²) in [7, 11) is 0. The zero-order valence-corrected chi connectivity index (χ0v) is 19.8. The highest BCUT2D eigenvalue weighted by molar-refractivity contribution is 7.16. The third-order valence-corrected chi connectivity index (χ3v) is 6.66. The number of rotatable bonds is 6. The van der Waals surface area contributed by atoms with Crippen molar-refractivity contribution in [2.45, 2.75) is 24.5 Å². The smallest absolute Gasteiger partial charge is 0.338 e. The van der Waals surface area contributed by atoms with Crippen LogP contribution in [0, 0.1) is 0 Å². The molecule has 2 aromatic heterocycles. The van der Waals surface area contributed by atoms with Gasteiger partial charge in [0.05, 0.1) is 17.7 Å². The molecular weight excluding hydrogens is 504 g/mol. The van der Waals surface area contributed by atoms with Crippen LogP contribution in [0.4, 0.5) is 5.95 Å². The van der Waals surface area contributed by atoms with E-state index < -0.39 is 53.5 Å². The lowest BCUT2D eigenvalue weighted by Crippen LogP contribution is -2.41. The van der Waals surface area contributed by atoms with Crippen molar-refractivity contribution in [2.75, 3.05) is 12.3 Å². The van der Waals surface area contributed by atoms with E-state index in [4.69, 9.17) is 19.9 Å². The Balaban J connectivity index is 1.59. The quantitative estimate of drug-likeness (QED) is 0.309. The second-order valence-electron chi connectivity index (χ2n) is 8.06. The van der Waals surface area contributed by atoms with Crippen LogP contribution in [0.1, 0.15) is 26.9 Å². The molecule has 1 aliphatic heterocycles. The lowest BCUT2D eigenvalue weighted by Gasteiger charge is -2.24. The number of H-pyrrole nitrogens is 1. The molecule has 0 amide bonds. The van der Waals surface area contributed by atoms with Gasteiger partial charge in [-0.25, -0.2) is 9.59 Å². The summed E-state index contributed by atoms with van der Waals surface area (Å²) in [5.74, 6) is -1.78. The number of aliphatic hydroxyl groups excluding tert-OH is 1. The Morgan fingerprint density at radius 2 is 1.57 bits per heavy atom. The van der Waals surface area contributed by atoms with E-state index in [-0.39, 0.29) is 27.4 Å². The van der Waals surface area contributed by atoms with Gasteiger partial charge in [0.15, 0.2) is 24.1 Å². The van der Waals surface area contributed by atoms with Crippen LogP contribution < -0.4 is 16.2 Å². The van der Waals surface area contributed by atoms with E-state index in [1.807, 2.05) is 0 Å². The molecule has 1 aliphatic rings. The first-order valence-corrected chi connectivity index (χ1v) is 11.9. The van der Waals surface area contributed by atoms with Crippen LogP contribution in [-0.2, 0) is 14.2 Å². The molecule has 12 nitrogen and oxygen atoms in total. The van der Waals surface area contributed by atoms with Crippen LogP contribution in [0.25, 0.3) is 10.3 Å². The molecule has 0 spiro atoms. The number of aromatic nitrogens is 3. The van der Waals surface area contributed by atoms with E-state index in [2.05, 4.69) is 9.97 Å². The largest absolute Gasteiger partial charge is 0.452 e. The number of esters is 2. The van der Waals surface area contributed by atoms with Gasteiger partial charge in [-0.05, 0) is 24.3 Å². The third-order valence-electron chi connectivity index (χ3n) is 5.72. The Labute approximate surface area is 211 Å². The van der Waals surface area contributed by atoms with E-state index in [0.717, 1.165) is 4.57 Å². The number of ether oxygens (including phenoxy) is 3. The molecule has 4 atom stereocenters. The van der Waals surface area contributed by atoms with Gasteiger partial charge in [-0.1, -0.05) is 47.7 Å². The van der Waals surface area contributed by atoms with Gasteiger partial charge in [-0.15, -0.1) is 0 Å². The Bertz CT molecular complexity index is 1570. The number of aliphatic hydroxyl groups is 1. The second-order valence-corrected chi connectivity index (χ2v) is 9.02. The van der Waals surface area contributed by atoms with Crippen LogP contribution >= 0.6 is 11.3 Å². The minimum absolute atomic E-state index is 0.0267. The first-order chi connectivity index (χ1) is 17.9. The number of carbonyl (C=O) groups excluding carboxylic acids is 2. The van der Waals surface area contributed by atoms with Crippen molar-refractivity contribution < 1.29 is 28.9 Å². The lowest BCUT2D eigenvalue weighted by atomic mass is 10.1. The van der Waals surface area contributed by atoms with Gasteiger partial charge >= 0.3 is 16.8 Å². The number of aromatic amines is 1. The van der Waals surface area contributed by atoms with E-state index in [9.17, 15) is 24.3 Å². The predicted molar refractivity (Wildman–Crippen MR) is 131 cm³/mol. The van der Waals surface area contributed by atoms with Gasteiger partial charge in [0.1, 0.15) is 10.8 Å². The van der Waals surface area contributed by atoms with Crippen molar-refractivity contribution in [1.82, 2.24) is 14.5 Å². The number of nitrogens with zero attached hydrogens (tertiary/aromatic N) is 2. The third kappa shape index (κ3) is 4.62. The van der Waals surface area contributed by atoms with Crippen LogP contribution in [-0.4, -0.2) is 56.5 Å². The summed E-state index contributed by atoms with van der Waals surface area (Å²) >= 11 is 0.594. The Hall–Kier alpha value is -4.33. The second kappa shape index (κ2) is 9.97. The molecule has 0 aliphatic carbocycles. The standard InChI is InChI=1S/C24H20N4O8S/c25-23-26-18-17(19(30)27-23)37-24(33)28(18)20-16(36-22(32)13-9-5-2-6-10-13)15(14(11-29)34-20)35-21(31)12-7-3-1-4-8-12/h1-10,14-16,20,29H,11H2,(H3,25,26,27,30)/t14-,15-,16-,20-/m1/s1. The van der Waals surface area contributed by atoms with E-state index in [1.54, 1.807) is 36.4 Å². The van der Waals surface area contributed by atoms with Gasteiger partial charge < -0.3 is 25.1 Å². The summed E-state index contributed by atoms with van der Waals surface area (Å²) in [6.07, 6.45) is -5.27. The van der Waals surface area contributed by atoms with Crippen molar-refractivity contribution in [3.05, 3.63) is 91.8 Å². The summed E-state index contributed by atoms with van der Waals surface area (Å²) in [5.41, 5.74) is 5.37. The Morgan fingerprint density at radius 1 is 1.00 bits per heavy atom. The highest BCUT2D eigenvalue weighted by Gasteiger charge is 2.51. The van der Waals surface area contributed by atoms with Gasteiger partial charge in [-0.3, -0.25) is 19.1 Å². The molecule has 1 fully saturated rings. The van der Waals surface area contributed by atoms with Gasteiger partial charge in [0.2, 0.25) is 5.95 Å². The van der Waals surface area contributed by atoms with Crippen LogP contribution in [0.3, 0.4) is 0 Å². The van der Waals surface area contributed by atoms with Crippen LogP contribution in [0.5, 0.6) is 0 Å². The monoisotopic (exact) mass is 524 g/mol. The number of hydrogen-bond donors (Lipinski definition) is 3. The van der Waals surface area contributed by atoms with Crippen molar-refractivity contribution in [3.63, 3.8) is 0 Å². The number of carbonyl (C=O) groups is 2. The molecule has 2 aromatic carbocycles. The zero-order chi connectivity index (χ0) is 26.1. The van der Waals surface area contributed by atoms with Crippen molar-refractivity contribution in [3.8, 4) is 0 Å². The van der Waals surface area contributed by atoms with Crippen molar-refractivity contribution in [1.29, 1.82) is 0 Å². The van der Waals surface area contributed by atoms with E-state index >= 15 is 0 Å². The first kappa shape index (κ1) is 24.4. The molecule has 0 bridgehead atoms. The fraction of sp³-hybridized carbons (Fsp3) is 0.208. The average Bonchev–Trinajstić information content (AvgIpc) is 3.41. The number of benzene rings is 2. The molecule has 0 radical (unpaired) electrons. The number of hydrogen-bond acceptors (Lipinski definition) is 11. The SMILES string of the molecule is Nc1nc2c(sc(=O)n2[C@@H]2O[C@H](CO)[C@@H](OC(=O)c3ccccc3)[C@H]2OC(=O)c2ccccc2)c(=O)[nH]1. The number of fused-ring (bicyclic) bond motifs is 1. The topological polar surface area (TPSA) is 176 Å². The maximum atomic E-state index is 13.0. The molecule has 4 aromatic rings. The van der Waals surface area contributed by atoms with Gasteiger partial charge in [0.25, 0.3) is 5.56 Å². The highest BCUT2D eigenvalue weighted by Crippen LogP contribution is 2.36. The normalized spacial score (nSPS) is 21.1. The maximum absolute atomic E-state index is 13.0. The van der Waals surface area contributed by atoms with Crippen molar-refractivity contribution >= 4 is 39.6 Å². The number of anilines is 1. The molecular formula is C24H20N4O8S. The molecule has 0 saturated carbocycles. The molecule has 3 heterocycles. The number of nitrogens with two attached hydrogens (primary N) is 1. The number of thiazole rings is 1. The molecule has 37 heavy (non-hydrogen) atoms. The summed E-state index contributed by atoms with van der Waals surface area (Å²) in [4.78, 5) is 57.0. The molecule has 5 rings (SSSR count). The fourth-order valence-electron chi connectivity index (χ4n) is 4.03. The molecule has 13 heteroatoms. The summed E-state index contributed by atoms with van der Waals surface area (Å²) in [6.45, 7) is -0.629. The summed E-state index contributed by atoms with van der Waals surface area (Å²) in [6, 6.07) is 16.1. The lowest BCUT2D eigenvalue weighted by molar-refractivity contribution is -0.0573. The Kier molecular flexibility index (Phi) is 6.56. The predicted octanol–water partition coefficient (Wildman–Crippen LogP) is 1.07. The minimum Gasteiger partial charge on any atom is -0.452 e. The van der Waals surface area contributed by atoms with Gasteiger partial charge in [-0.2, -0.15) is 4.98 Å². The molecule has 190 valence electrons. The maximum Gasteiger partial charge on any atom is 0.338 e. The molecule has 0 unspecified atom stereocenters. The zero-order valence-electron chi connectivity index (χ0n) is 19.0. The number of nitrogens with one attached hydrogen (secondary N) is 1. The fourth-order valence-corrected chi connectivity index (χ4v) is 4.87. The van der Waals surface area contributed by atoms with Crippen LogP contribution in [0.2, 0.25) is 0 Å². The summed E-state index contributed by atoms with van der Waals surface area (Å²) in [5, 5.41) is 10.0. The summed E-state index contributed by atoms with van der Waals surface area (Å²) < 4.78 is 18.3. The molecule has 4 N–H and O–H groups in total. The molecule has 1 saturated heterocycles. The van der Waals surface area contributed by atoms with Crippen LogP contribution in [0.15, 0.2) is 70.3 Å². The number of nitrogen functional groups attached to an aromatic ring is 1. The average molecular weight is 525 g/mol.